The third-order valence-corrected chi connectivity index (χ3v) is 3.76. The minimum absolute atomic E-state index is 0.0393. The summed E-state index contributed by atoms with van der Waals surface area (Å²) in [7, 11) is 1.62. The second-order valence-electron chi connectivity index (χ2n) is 5.50. The summed E-state index contributed by atoms with van der Waals surface area (Å²) < 4.78 is 5.11. The average molecular weight is 328 g/mol. The van der Waals surface area contributed by atoms with Crippen molar-refractivity contribution >= 4 is 5.91 Å². The van der Waals surface area contributed by atoms with Crippen LogP contribution in [0.1, 0.15) is 17.5 Å². The highest BCUT2D eigenvalue weighted by Crippen LogP contribution is 2.11. The number of carbonyl (C=O) groups excluding carboxylic acids is 1. The van der Waals surface area contributed by atoms with Gasteiger partial charge in [0.15, 0.2) is 0 Å². The molecule has 0 radical (unpaired) electrons. The first-order valence-electron chi connectivity index (χ1n) is 8.01. The maximum absolute atomic E-state index is 12.3. The molecule has 0 heterocycles. The Kier molecular flexibility index (Phi) is 7.26. The summed E-state index contributed by atoms with van der Waals surface area (Å²) in [4.78, 5) is 12.3. The van der Waals surface area contributed by atoms with Crippen LogP contribution in [-0.2, 0) is 17.9 Å². The van der Waals surface area contributed by atoms with Gasteiger partial charge in [-0.2, -0.15) is 0 Å². The van der Waals surface area contributed by atoms with Gasteiger partial charge >= 0.3 is 0 Å². The number of rotatable bonds is 9. The Balaban J connectivity index is 1.85. The Hall–Kier alpha value is -2.37. The molecule has 0 saturated heterocycles. The highest BCUT2D eigenvalue weighted by molar-refractivity contribution is 5.81. The largest absolute Gasteiger partial charge is 0.497 e. The van der Waals surface area contributed by atoms with E-state index >= 15 is 0 Å². The number of ether oxygens (including phenoxy) is 1. The van der Waals surface area contributed by atoms with Crippen LogP contribution < -0.4 is 15.4 Å². The zero-order chi connectivity index (χ0) is 17.2. The van der Waals surface area contributed by atoms with E-state index < -0.39 is 6.04 Å². The molecule has 0 spiro atoms. The number of aliphatic hydroxyl groups excluding tert-OH is 1. The van der Waals surface area contributed by atoms with Crippen molar-refractivity contribution in [1.29, 1.82) is 0 Å². The molecule has 0 aliphatic carbocycles. The molecule has 1 atom stereocenters. The lowest BCUT2D eigenvalue weighted by atomic mass is 10.1. The van der Waals surface area contributed by atoms with Crippen molar-refractivity contribution in [1.82, 2.24) is 10.6 Å². The Morgan fingerprint density at radius 2 is 1.71 bits per heavy atom. The first-order valence-corrected chi connectivity index (χ1v) is 8.01. The van der Waals surface area contributed by atoms with E-state index in [1.807, 2.05) is 54.6 Å². The summed E-state index contributed by atoms with van der Waals surface area (Å²) in [6.45, 7) is 0.988. The molecular formula is C19H24N2O3. The maximum atomic E-state index is 12.3. The SMILES string of the molecule is COc1ccc(CNC(=O)C(CCO)NCc2ccccc2)cc1. The van der Waals surface area contributed by atoms with E-state index in [4.69, 9.17) is 4.74 Å². The van der Waals surface area contributed by atoms with E-state index in [-0.39, 0.29) is 12.5 Å². The van der Waals surface area contributed by atoms with E-state index in [1.54, 1.807) is 7.11 Å². The summed E-state index contributed by atoms with van der Waals surface area (Å²) in [6.07, 6.45) is 0.376. The molecule has 1 unspecified atom stereocenters. The first kappa shape index (κ1) is 18.0. The van der Waals surface area contributed by atoms with Crippen molar-refractivity contribution in [3.05, 3.63) is 65.7 Å². The number of aliphatic hydroxyl groups is 1. The zero-order valence-electron chi connectivity index (χ0n) is 13.9. The second-order valence-corrected chi connectivity index (χ2v) is 5.50. The first-order chi connectivity index (χ1) is 11.7. The molecule has 2 aromatic carbocycles. The molecule has 2 aromatic rings. The Morgan fingerprint density at radius 3 is 2.33 bits per heavy atom. The molecule has 0 bridgehead atoms. The van der Waals surface area contributed by atoms with Crippen molar-refractivity contribution in [2.75, 3.05) is 13.7 Å². The van der Waals surface area contributed by atoms with Gasteiger partial charge in [-0.3, -0.25) is 4.79 Å². The predicted molar refractivity (Wildman–Crippen MR) is 93.6 cm³/mol. The van der Waals surface area contributed by atoms with Crippen LogP contribution in [0.4, 0.5) is 0 Å². The highest BCUT2D eigenvalue weighted by atomic mass is 16.5. The maximum Gasteiger partial charge on any atom is 0.237 e. The lowest BCUT2D eigenvalue weighted by molar-refractivity contribution is -0.123. The van der Waals surface area contributed by atoms with Crippen LogP contribution in [0.3, 0.4) is 0 Å². The molecule has 0 aliphatic rings. The molecule has 0 aromatic heterocycles. The van der Waals surface area contributed by atoms with Gasteiger partial charge in [-0.05, 0) is 29.7 Å². The molecule has 128 valence electrons. The van der Waals surface area contributed by atoms with Gasteiger partial charge in [0.1, 0.15) is 5.75 Å². The third kappa shape index (κ3) is 5.68. The van der Waals surface area contributed by atoms with Crippen molar-refractivity contribution in [2.24, 2.45) is 0 Å². The minimum atomic E-state index is -0.423. The number of methoxy groups -OCH3 is 1. The van der Waals surface area contributed by atoms with E-state index in [2.05, 4.69) is 10.6 Å². The minimum Gasteiger partial charge on any atom is -0.497 e. The molecule has 5 heteroatoms. The van der Waals surface area contributed by atoms with E-state index in [0.29, 0.717) is 19.5 Å². The number of amides is 1. The van der Waals surface area contributed by atoms with Crippen LogP contribution in [0.15, 0.2) is 54.6 Å². The van der Waals surface area contributed by atoms with Gasteiger partial charge in [-0.15, -0.1) is 0 Å². The van der Waals surface area contributed by atoms with Gasteiger partial charge in [0.25, 0.3) is 0 Å². The molecule has 5 nitrogen and oxygen atoms in total. The van der Waals surface area contributed by atoms with Crippen LogP contribution in [-0.4, -0.2) is 30.8 Å². The molecule has 0 saturated carbocycles. The van der Waals surface area contributed by atoms with Gasteiger partial charge in [-0.25, -0.2) is 0 Å². The quantitative estimate of drug-likeness (QED) is 0.657. The topological polar surface area (TPSA) is 70.6 Å². The van der Waals surface area contributed by atoms with Gasteiger partial charge < -0.3 is 20.5 Å². The summed E-state index contributed by atoms with van der Waals surface area (Å²) in [5.74, 6) is 0.670. The fraction of sp³-hybridized carbons (Fsp3) is 0.316. The van der Waals surface area contributed by atoms with Crippen molar-refractivity contribution < 1.29 is 14.6 Å². The second kappa shape index (κ2) is 9.70. The molecular weight excluding hydrogens is 304 g/mol. The summed E-state index contributed by atoms with van der Waals surface area (Å²) in [5.41, 5.74) is 2.10. The number of nitrogens with one attached hydrogen (secondary N) is 2. The van der Waals surface area contributed by atoms with Gasteiger partial charge in [-0.1, -0.05) is 42.5 Å². The molecule has 1 amide bonds. The number of benzene rings is 2. The molecule has 3 N–H and O–H groups in total. The Bertz CT molecular complexity index is 614. The standard InChI is InChI=1S/C19H24N2O3/c1-24-17-9-7-16(8-10-17)14-21-19(23)18(11-12-22)20-13-15-5-3-2-4-6-15/h2-10,18,20,22H,11-14H2,1H3,(H,21,23). The van der Waals surface area contributed by atoms with Crippen molar-refractivity contribution in [3.63, 3.8) is 0 Å². The lowest BCUT2D eigenvalue weighted by Crippen LogP contribution is -2.44. The van der Waals surface area contributed by atoms with Crippen LogP contribution in [0.5, 0.6) is 5.75 Å². The molecule has 0 aliphatic heterocycles. The molecule has 24 heavy (non-hydrogen) atoms. The fourth-order valence-electron chi connectivity index (χ4n) is 2.35. The van der Waals surface area contributed by atoms with Crippen molar-refractivity contribution in [2.45, 2.75) is 25.6 Å². The summed E-state index contributed by atoms with van der Waals surface area (Å²) in [6, 6.07) is 17.0. The van der Waals surface area contributed by atoms with E-state index in [9.17, 15) is 9.90 Å². The normalized spacial score (nSPS) is 11.8. The van der Waals surface area contributed by atoms with Crippen LogP contribution >= 0.6 is 0 Å². The van der Waals surface area contributed by atoms with Crippen LogP contribution in [0, 0.1) is 0 Å². The van der Waals surface area contributed by atoms with Crippen LogP contribution in [0.25, 0.3) is 0 Å². The lowest BCUT2D eigenvalue weighted by Gasteiger charge is -2.18. The highest BCUT2D eigenvalue weighted by Gasteiger charge is 2.16. The molecule has 0 fully saturated rings. The van der Waals surface area contributed by atoms with Gasteiger partial charge in [0, 0.05) is 19.7 Å². The van der Waals surface area contributed by atoms with Gasteiger partial charge in [0.05, 0.1) is 13.2 Å². The smallest absolute Gasteiger partial charge is 0.237 e. The number of hydrogen-bond acceptors (Lipinski definition) is 4. The van der Waals surface area contributed by atoms with Crippen molar-refractivity contribution in [3.8, 4) is 5.75 Å². The zero-order valence-corrected chi connectivity index (χ0v) is 13.9. The van der Waals surface area contributed by atoms with Crippen LogP contribution in [0.2, 0.25) is 0 Å². The fourth-order valence-corrected chi connectivity index (χ4v) is 2.35. The molecule has 2 rings (SSSR count). The monoisotopic (exact) mass is 328 g/mol. The Labute approximate surface area is 142 Å². The predicted octanol–water partition coefficient (Wildman–Crippen LogP) is 1.85. The summed E-state index contributed by atoms with van der Waals surface area (Å²) >= 11 is 0. The van der Waals surface area contributed by atoms with Gasteiger partial charge in [0.2, 0.25) is 5.91 Å². The van der Waals surface area contributed by atoms with E-state index in [0.717, 1.165) is 16.9 Å². The average Bonchev–Trinajstić information content (AvgIpc) is 2.64. The third-order valence-electron chi connectivity index (χ3n) is 3.76. The summed E-state index contributed by atoms with van der Waals surface area (Å²) in [5, 5.41) is 15.3. The number of carbonyl (C=O) groups is 1. The Morgan fingerprint density at radius 1 is 1.04 bits per heavy atom. The number of hydrogen-bond donors (Lipinski definition) is 3. The van der Waals surface area contributed by atoms with E-state index in [1.165, 1.54) is 0 Å².